The van der Waals surface area contributed by atoms with Crippen LogP contribution in [-0.4, -0.2) is 42.6 Å². The Hall–Kier alpha value is -2.61. The number of hydrogen-bond donors (Lipinski definition) is 1. The number of aromatic nitrogens is 1. The molecule has 0 spiro atoms. The fourth-order valence-electron chi connectivity index (χ4n) is 2.97. The number of thiazole rings is 1. The van der Waals surface area contributed by atoms with E-state index in [-0.39, 0.29) is 24.3 Å². The minimum atomic E-state index is -0.220. The number of carbonyl (C=O) groups excluding carboxylic acids is 2. The Balaban J connectivity index is 1.27. The highest BCUT2D eigenvalue weighted by Gasteiger charge is 2.25. The summed E-state index contributed by atoms with van der Waals surface area (Å²) in [6.45, 7) is 1.47. The van der Waals surface area contributed by atoms with Gasteiger partial charge in [0.2, 0.25) is 11.8 Å². The number of carbonyl (C=O) groups is 2. The molecule has 0 aliphatic carbocycles. The Bertz CT molecular complexity index is 822. The summed E-state index contributed by atoms with van der Waals surface area (Å²) < 4.78 is 11.5. The molecule has 136 valence electrons. The van der Waals surface area contributed by atoms with Crippen LogP contribution in [0.5, 0.6) is 11.5 Å². The molecular weight excluding hydrogens is 354 g/mol. The van der Waals surface area contributed by atoms with Crippen molar-refractivity contribution in [3.63, 3.8) is 0 Å². The molecule has 2 aliphatic heterocycles. The number of fused-ring (bicyclic) bond motifs is 1. The molecule has 1 N–H and O–H groups in total. The fourth-order valence-corrected chi connectivity index (χ4v) is 3.84. The van der Waals surface area contributed by atoms with Crippen LogP contribution >= 0.6 is 11.3 Å². The molecule has 2 aromatic rings. The van der Waals surface area contributed by atoms with Gasteiger partial charge in [0.1, 0.15) is 12.7 Å². The van der Waals surface area contributed by atoms with E-state index in [0.29, 0.717) is 42.7 Å². The van der Waals surface area contributed by atoms with Crippen LogP contribution in [-0.2, 0) is 16.0 Å². The van der Waals surface area contributed by atoms with E-state index in [0.717, 1.165) is 12.2 Å². The molecule has 0 radical (unpaired) electrons. The zero-order valence-electron chi connectivity index (χ0n) is 14.1. The number of para-hydroxylation sites is 2. The number of rotatable bonds is 5. The maximum atomic E-state index is 12.2. The number of amides is 2. The summed E-state index contributed by atoms with van der Waals surface area (Å²) in [7, 11) is 0. The molecule has 0 unspecified atom stereocenters. The lowest BCUT2D eigenvalue weighted by atomic mass is 10.2. The van der Waals surface area contributed by atoms with Gasteiger partial charge >= 0.3 is 0 Å². The van der Waals surface area contributed by atoms with Crippen molar-refractivity contribution in [2.75, 3.05) is 24.6 Å². The third-order valence-corrected chi connectivity index (χ3v) is 5.19. The monoisotopic (exact) mass is 373 g/mol. The Morgan fingerprint density at radius 2 is 2.19 bits per heavy atom. The van der Waals surface area contributed by atoms with Gasteiger partial charge < -0.3 is 14.8 Å². The van der Waals surface area contributed by atoms with E-state index < -0.39 is 0 Å². The first kappa shape index (κ1) is 16.8. The van der Waals surface area contributed by atoms with Crippen LogP contribution < -0.4 is 19.7 Å². The number of hydrogen-bond acceptors (Lipinski definition) is 6. The molecule has 8 heteroatoms. The van der Waals surface area contributed by atoms with Crippen LogP contribution in [0.3, 0.4) is 0 Å². The van der Waals surface area contributed by atoms with Crippen LogP contribution in [0.25, 0.3) is 0 Å². The van der Waals surface area contributed by atoms with Crippen molar-refractivity contribution < 1.29 is 19.1 Å². The molecule has 4 rings (SSSR count). The van der Waals surface area contributed by atoms with E-state index in [1.165, 1.54) is 11.3 Å². The summed E-state index contributed by atoms with van der Waals surface area (Å²) in [4.78, 5) is 30.0. The second-order valence-electron chi connectivity index (χ2n) is 6.25. The summed E-state index contributed by atoms with van der Waals surface area (Å²) in [5.41, 5.74) is 0.674. The molecule has 26 heavy (non-hydrogen) atoms. The van der Waals surface area contributed by atoms with Gasteiger partial charge in [-0.2, -0.15) is 0 Å². The zero-order chi connectivity index (χ0) is 17.9. The van der Waals surface area contributed by atoms with Crippen LogP contribution in [0.15, 0.2) is 29.6 Å². The van der Waals surface area contributed by atoms with Crippen LogP contribution in [0, 0.1) is 0 Å². The first-order chi connectivity index (χ1) is 12.7. The molecule has 1 aromatic heterocycles. The molecule has 1 atom stereocenters. The lowest BCUT2D eigenvalue weighted by Gasteiger charge is -2.26. The molecule has 1 saturated heterocycles. The third kappa shape index (κ3) is 3.65. The Morgan fingerprint density at radius 3 is 3.00 bits per heavy atom. The molecule has 2 amide bonds. The van der Waals surface area contributed by atoms with Crippen LogP contribution in [0.1, 0.15) is 18.5 Å². The number of ether oxygens (including phenoxy) is 2. The number of benzene rings is 1. The normalized spacial score (nSPS) is 18.8. The largest absolute Gasteiger partial charge is 0.486 e. The Kier molecular flexibility index (Phi) is 4.75. The number of nitrogens with zero attached hydrogens (tertiary/aromatic N) is 2. The zero-order valence-corrected chi connectivity index (χ0v) is 15.0. The van der Waals surface area contributed by atoms with Crippen molar-refractivity contribution in [1.82, 2.24) is 10.3 Å². The lowest BCUT2D eigenvalue weighted by molar-refractivity contribution is -0.121. The summed E-state index contributed by atoms with van der Waals surface area (Å²) in [5.74, 6) is 1.39. The quantitative estimate of drug-likeness (QED) is 0.864. The van der Waals surface area contributed by atoms with E-state index in [2.05, 4.69) is 10.3 Å². The topological polar surface area (TPSA) is 80.8 Å². The van der Waals surface area contributed by atoms with E-state index in [1.54, 1.807) is 4.90 Å². The van der Waals surface area contributed by atoms with Gasteiger partial charge in [-0.25, -0.2) is 4.98 Å². The van der Waals surface area contributed by atoms with Crippen molar-refractivity contribution in [1.29, 1.82) is 0 Å². The molecule has 7 nitrogen and oxygen atoms in total. The second-order valence-corrected chi connectivity index (χ2v) is 7.09. The predicted octanol–water partition coefficient (Wildman–Crippen LogP) is 1.77. The highest BCUT2D eigenvalue weighted by Crippen LogP contribution is 2.30. The van der Waals surface area contributed by atoms with Gasteiger partial charge in [0.05, 0.1) is 18.7 Å². The Labute approximate surface area is 154 Å². The van der Waals surface area contributed by atoms with Gasteiger partial charge in [0.15, 0.2) is 16.6 Å². The summed E-state index contributed by atoms with van der Waals surface area (Å²) in [6, 6.07) is 7.48. The molecule has 0 saturated carbocycles. The summed E-state index contributed by atoms with van der Waals surface area (Å²) in [5, 5.41) is 5.37. The van der Waals surface area contributed by atoms with Gasteiger partial charge in [-0.3, -0.25) is 14.5 Å². The minimum absolute atomic E-state index is 0.102. The van der Waals surface area contributed by atoms with E-state index in [4.69, 9.17) is 9.47 Å². The highest BCUT2D eigenvalue weighted by molar-refractivity contribution is 7.14. The molecule has 0 bridgehead atoms. The SMILES string of the molecule is O=C(Cc1csc(N2CCCC2=O)n1)NC[C@H]1COc2ccccc2O1. The van der Waals surface area contributed by atoms with Gasteiger partial charge in [-0.1, -0.05) is 12.1 Å². The van der Waals surface area contributed by atoms with E-state index in [1.807, 2.05) is 29.6 Å². The average molecular weight is 373 g/mol. The molecule has 2 aliphatic rings. The Morgan fingerprint density at radius 1 is 1.35 bits per heavy atom. The molecule has 1 fully saturated rings. The van der Waals surface area contributed by atoms with Gasteiger partial charge in [0, 0.05) is 18.3 Å². The first-order valence-corrected chi connectivity index (χ1v) is 9.47. The van der Waals surface area contributed by atoms with Crippen molar-refractivity contribution in [2.45, 2.75) is 25.4 Å². The maximum Gasteiger partial charge on any atom is 0.228 e. The maximum absolute atomic E-state index is 12.2. The van der Waals surface area contributed by atoms with Gasteiger partial charge in [0.25, 0.3) is 0 Å². The van der Waals surface area contributed by atoms with Gasteiger partial charge in [-0.15, -0.1) is 11.3 Å². The summed E-state index contributed by atoms with van der Waals surface area (Å²) in [6.07, 6.45) is 1.40. The second kappa shape index (κ2) is 7.33. The standard InChI is InChI=1S/C18H19N3O4S/c22-16(8-12-11-26-18(20-12)21-7-3-6-17(21)23)19-9-13-10-24-14-4-1-2-5-15(14)25-13/h1-2,4-5,11,13H,3,6-10H2,(H,19,22)/t13-/m0/s1. The van der Waals surface area contributed by atoms with Crippen molar-refractivity contribution >= 4 is 28.3 Å². The highest BCUT2D eigenvalue weighted by atomic mass is 32.1. The summed E-state index contributed by atoms with van der Waals surface area (Å²) >= 11 is 1.40. The van der Waals surface area contributed by atoms with Gasteiger partial charge in [-0.05, 0) is 18.6 Å². The number of anilines is 1. The van der Waals surface area contributed by atoms with Crippen LogP contribution in [0.4, 0.5) is 5.13 Å². The predicted molar refractivity (Wildman–Crippen MR) is 96.8 cm³/mol. The number of nitrogens with one attached hydrogen (secondary N) is 1. The average Bonchev–Trinajstić information content (AvgIpc) is 3.28. The fraction of sp³-hybridized carbons (Fsp3) is 0.389. The van der Waals surface area contributed by atoms with Crippen LogP contribution in [0.2, 0.25) is 0 Å². The molecular formula is C18H19N3O4S. The third-order valence-electron chi connectivity index (χ3n) is 4.28. The van der Waals surface area contributed by atoms with Crippen molar-refractivity contribution in [3.8, 4) is 11.5 Å². The minimum Gasteiger partial charge on any atom is -0.486 e. The lowest BCUT2D eigenvalue weighted by Crippen LogP contribution is -2.41. The molecule has 1 aromatic carbocycles. The first-order valence-electron chi connectivity index (χ1n) is 8.59. The van der Waals surface area contributed by atoms with E-state index >= 15 is 0 Å². The van der Waals surface area contributed by atoms with Crippen molar-refractivity contribution in [3.05, 3.63) is 35.3 Å². The van der Waals surface area contributed by atoms with E-state index in [9.17, 15) is 9.59 Å². The van der Waals surface area contributed by atoms with Crippen molar-refractivity contribution in [2.24, 2.45) is 0 Å². The molecule has 3 heterocycles. The smallest absolute Gasteiger partial charge is 0.228 e.